The molecule has 0 amide bonds. The molecule has 0 aromatic rings. The van der Waals surface area contributed by atoms with Gasteiger partial charge in [0.1, 0.15) is 23.7 Å². The molecular weight excluding hydrogens is 328 g/mol. The van der Waals surface area contributed by atoms with Gasteiger partial charge in [0.25, 0.3) is 0 Å². The summed E-state index contributed by atoms with van der Waals surface area (Å²) in [7, 11) is 0. The minimum Gasteiger partial charge on any atom is -0.387 e. The van der Waals surface area contributed by atoms with Gasteiger partial charge in [0, 0.05) is 13.1 Å². The van der Waals surface area contributed by atoms with E-state index < -0.39 is 42.1 Å². The van der Waals surface area contributed by atoms with E-state index in [-0.39, 0.29) is 0 Å². The van der Waals surface area contributed by atoms with Crippen molar-refractivity contribution >= 4 is 16.9 Å². The Kier molecular flexibility index (Phi) is 4.30. The molecule has 6 unspecified atom stereocenters. The van der Waals surface area contributed by atoms with Gasteiger partial charge < -0.3 is 19.8 Å². The third-order valence-electron chi connectivity index (χ3n) is 4.06. The zero-order valence-electron chi connectivity index (χ0n) is 11.4. The molecule has 22 heavy (non-hydrogen) atoms. The van der Waals surface area contributed by atoms with Crippen LogP contribution in [0, 0.1) is 0 Å². The molecule has 3 aliphatic heterocycles. The summed E-state index contributed by atoms with van der Waals surface area (Å²) >= 11 is 1.05. The van der Waals surface area contributed by atoms with Crippen LogP contribution in [0.4, 0.5) is 17.6 Å². The van der Waals surface area contributed by atoms with Crippen LogP contribution in [-0.4, -0.2) is 75.5 Å². The van der Waals surface area contributed by atoms with Crippen molar-refractivity contribution in [3.05, 3.63) is 0 Å². The van der Waals surface area contributed by atoms with E-state index in [0.29, 0.717) is 5.17 Å². The first-order valence-electron chi connectivity index (χ1n) is 7.01. The molecule has 3 aliphatic rings. The minimum atomic E-state index is -4.99. The second-order valence-corrected chi connectivity index (χ2v) is 6.67. The number of aliphatic hydroxyl groups is 2. The smallest absolute Gasteiger partial charge is 0.387 e. The summed E-state index contributed by atoms with van der Waals surface area (Å²) in [6.07, 6.45) is -12.1. The van der Waals surface area contributed by atoms with Crippen LogP contribution in [0.25, 0.3) is 0 Å². The number of aliphatic imine (C=N–C) groups is 1. The largest absolute Gasteiger partial charge is 0.417 e. The fourth-order valence-electron chi connectivity index (χ4n) is 2.85. The molecule has 6 atom stereocenters. The van der Waals surface area contributed by atoms with E-state index in [0.717, 1.165) is 37.7 Å². The third-order valence-corrected chi connectivity index (χ3v) is 5.26. The van der Waals surface area contributed by atoms with Crippen LogP contribution in [-0.2, 0) is 4.74 Å². The number of amidine groups is 1. The maximum atomic E-state index is 14.2. The lowest BCUT2D eigenvalue weighted by molar-refractivity contribution is -0.267. The fraction of sp³-hybridized carbons (Fsp3) is 0.917. The Hall–Kier alpha value is -0.580. The van der Waals surface area contributed by atoms with Crippen LogP contribution < -0.4 is 0 Å². The Morgan fingerprint density at radius 1 is 1.32 bits per heavy atom. The number of halogens is 4. The molecule has 2 saturated heterocycles. The van der Waals surface area contributed by atoms with Gasteiger partial charge in [-0.3, -0.25) is 4.99 Å². The van der Waals surface area contributed by atoms with Crippen molar-refractivity contribution in [3.8, 4) is 0 Å². The molecule has 5 nitrogen and oxygen atoms in total. The SMILES string of the molecule is OC1C(F)C2N=C(N3CCCC3)SC2OC1C(O)C(F)(F)F. The van der Waals surface area contributed by atoms with E-state index in [2.05, 4.69) is 4.99 Å². The number of hydrogen-bond donors (Lipinski definition) is 2. The molecule has 2 fully saturated rings. The molecule has 126 valence electrons. The average Bonchev–Trinajstić information content (AvgIpc) is 3.09. The van der Waals surface area contributed by atoms with Crippen LogP contribution >= 0.6 is 11.8 Å². The first-order chi connectivity index (χ1) is 10.3. The van der Waals surface area contributed by atoms with Crippen LogP contribution in [0.3, 0.4) is 0 Å². The Labute approximate surface area is 128 Å². The number of likely N-dealkylation sites (tertiary alicyclic amines) is 1. The van der Waals surface area contributed by atoms with Crippen molar-refractivity contribution in [2.45, 2.75) is 55.0 Å². The van der Waals surface area contributed by atoms with Crippen LogP contribution in [0.2, 0.25) is 0 Å². The molecule has 0 bridgehead atoms. The van der Waals surface area contributed by atoms with Crippen molar-refractivity contribution in [1.29, 1.82) is 0 Å². The minimum absolute atomic E-state index is 0.532. The highest BCUT2D eigenvalue weighted by Crippen LogP contribution is 2.41. The summed E-state index contributed by atoms with van der Waals surface area (Å²) in [6, 6.07) is -1.05. The summed E-state index contributed by atoms with van der Waals surface area (Å²) in [4.78, 5) is 6.09. The van der Waals surface area contributed by atoms with Gasteiger partial charge in [0.2, 0.25) is 0 Å². The van der Waals surface area contributed by atoms with Crippen molar-refractivity contribution in [1.82, 2.24) is 4.90 Å². The van der Waals surface area contributed by atoms with Gasteiger partial charge in [-0.05, 0) is 12.8 Å². The molecule has 10 heteroatoms. The second kappa shape index (κ2) is 5.81. The molecule has 0 spiro atoms. The summed E-state index contributed by atoms with van der Waals surface area (Å²) in [5.41, 5.74) is -0.962. The summed E-state index contributed by atoms with van der Waals surface area (Å²) in [5, 5.41) is 19.5. The molecule has 0 saturated carbocycles. The van der Waals surface area contributed by atoms with Gasteiger partial charge in [0.15, 0.2) is 17.4 Å². The lowest BCUT2D eigenvalue weighted by Gasteiger charge is -2.39. The quantitative estimate of drug-likeness (QED) is 0.692. The molecular formula is C12H16F4N2O3S. The normalized spacial score (nSPS) is 40.5. The predicted octanol–water partition coefficient (Wildman–Crippen LogP) is 0.901. The summed E-state index contributed by atoms with van der Waals surface area (Å²) in [5.74, 6) is 0. The average molecular weight is 344 g/mol. The number of alkyl halides is 4. The van der Waals surface area contributed by atoms with Crippen LogP contribution in [0.5, 0.6) is 0 Å². The highest BCUT2D eigenvalue weighted by atomic mass is 32.2. The number of fused-ring (bicyclic) bond motifs is 1. The molecule has 2 N–H and O–H groups in total. The summed E-state index contributed by atoms with van der Waals surface area (Å²) < 4.78 is 57.2. The van der Waals surface area contributed by atoms with Gasteiger partial charge in [-0.15, -0.1) is 0 Å². The Morgan fingerprint density at radius 3 is 2.55 bits per heavy atom. The van der Waals surface area contributed by atoms with E-state index in [4.69, 9.17) is 4.74 Å². The summed E-state index contributed by atoms with van der Waals surface area (Å²) in [6.45, 7) is 1.53. The topological polar surface area (TPSA) is 65.3 Å². The van der Waals surface area contributed by atoms with E-state index in [1.807, 2.05) is 4.90 Å². The predicted molar refractivity (Wildman–Crippen MR) is 71.2 cm³/mol. The van der Waals surface area contributed by atoms with Crippen LogP contribution in [0.1, 0.15) is 12.8 Å². The monoisotopic (exact) mass is 344 g/mol. The highest BCUT2D eigenvalue weighted by Gasteiger charge is 2.56. The number of ether oxygens (including phenoxy) is 1. The molecule has 0 aromatic carbocycles. The maximum Gasteiger partial charge on any atom is 0.417 e. The van der Waals surface area contributed by atoms with Crippen LogP contribution in [0.15, 0.2) is 4.99 Å². The second-order valence-electron chi connectivity index (χ2n) is 5.60. The Bertz CT molecular complexity index is 458. The lowest BCUT2D eigenvalue weighted by Crippen LogP contribution is -2.59. The van der Waals surface area contributed by atoms with Crippen molar-refractivity contribution < 1.29 is 32.5 Å². The Morgan fingerprint density at radius 2 is 1.95 bits per heavy atom. The highest BCUT2D eigenvalue weighted by molar-refractivity contribution is 8.14. The van der Waals surface area contributed by atoms with Crippen molar-refractivity contribution in [3.63, 3.8) is 0 Å². The first-order valence-corrected chi connectivity index (χ1v) is 7.89. The number of nitrogens with zero attached hydrogens (tertiary/aromatic N) is 2. The van der Waals surface area contributed by atoms with Crippen molar-refractivity contribution in [2.24, 2.45) is 4.99 Å². The van der Waals surface area contributed by atoms with E-state index in [1.54, 1.807) is 0 Å². The number of aliphatic hydroxyl groups excluding tert-OH is 2. The van der Waals surface area contributed by atoms with E-state index in [1.165, 1.54) is 0 Å². The standard InChI is InChI=1S/C12H16F4N2O3S/c13-5-6-10(22-11(17-6)18-3-1-2-4-18)21-8(7(5)19)9(20)12(14,15)16/h5-10,19-20H,1-4H2. The number of rotatable bonds is 1. The molecule has 0 radical (unpaired) electrons. The van der Waals surface area contributed by atoms with Crippen molar-refractivity contribution in [2.75, 3.05) is 13.1 Å². The number of hydrogen-bond acceptors (Lipinski definition) is 6. The van der Waals surface area contributed by atoms with E-state index in [9.17, 15) is 27.8 Å². The Balaban J connectivity index is 1.74. The molecule has 3 heterocycles. The van der Waals surface area contributed by atoms with Gasteiger partial charge in [-0.25, -0.2) is 4.39 Å². The molecule has 0 aliphatic carbocycles. The fourth-order valence-corrected chi connectivity index (χ4v) is 4.11. The van der Waals surface area contributed by atoms with Gasteiger partial charge in [0.05, 0.1) is 0 Å². The zero-order chi connectivity index (χ0) is 16.1. The number of thioether (sulfide) groups is 1. The molecule has 0 aromatic heterocycles. The first kappa shape index (κ1) is 16.3. The zero-order valence-corrected chi connectivity index (χ0v) is 12.2. The van der Waals surface area contributed by atoms with Gasteiger partial charge in [-0.1, -0.05) is 11.8 Å². The van der Waals surface area contributed by atoms with Gasteiger partial charge >= 0.3 is 6.18 Å². The molecule has 3 rings (SSSR count). The van der Waals surface area contributed by atoms with Gasteiger partial charge in [-0.2, -0.15) is 13.2 Å². The van der Waals surface area contributed by atoms with E-state index >= 15 is 0 Å². The maximum absolute atomic E-state index is 14.2. The lowest BCUT2D eigenvalue weighted by atomic mass is 9.96. The third kappa shape index (κ3) is 2.81.